The van der Waals surface area contributed by atoms with Gasteiger partial charge in [-0.1, -0.05) is 18.2 Å². The lowest BCUT2D eigenvalue weighted by atomic mass is 9.87. The fourth-order valence-electron chi connectivity index (χ4n) is 3.74. The molecule has 1 aromatic heterocycles. The minimum atomic E-state index is -0.526. The van der Waals surface area contributed by atoms with Crippen LogP contribution in [-0.2, 0) is 9.59 Å². The smallest absolute Gasteiger partial charge is 0.255 e. The number of nitrogens with one attached hydrogen (secondary N) is 1. The maximum Gasteiger partial charge on any atom is 0.255 e. The van der Waals surface area contributed by atoms with Gasteiger partial charge >= 0.3 is 0 Å². The number of benzene rings is 2. The summed E-state index contributed by atoms with van der Waals surface area (Å²) < 4.78 is 7.10. The Labute approximate surface area is 168 Å². The van der Waals surface area contributed by atoms with Gasteiger partial charge in [-0.3, -0.25) is 9.59 Å². The van der Waals surface area contributed by atoms with Gasteiger partial charge in [-0.15, -0.1) is 0 Å². The van der Waals surface area contributed by atoms with E-state index in [-0.39, 0.29) is 18.4 Å². The molecule has 0 spiro atoms. The lowest BCUT2D eigenvalue weighted by Gasteiger charge is -2.24. The average molecular weight is 390 g/mol. The molecule has 1 aliphatic rings. The van der Waals surface area contributed by atoms with Crippen LogP contribution in [0.1, 0.15) is 34.6 Å². The number of aryl methyl sites for hydroxylation is 2. The number of carbonyl (C=O) groups excluding carboxylic acids is 2. The van der Waals surface area contributed by atoms with Crippen molar-refractivity contribution in [2.24, 2.45) is 5.73 Å². The normalized spacial score (nSPS) is 15.5. The van der Waals surface area contributed by atoms with Crippen molar-refractivity contribution in [2.75, 3.05) is 11.9 Å². The first-order valence-corrected chi connectivity index (χ1v) is 9.38. The van der Waals surface area contributed by atoms with Crippen molar-refractivity contribution in [3.8, 4) is 11.4 Å². The van der Waals surface area contributed by atoms with Crippen molar-refractivity contribution in [1.82, 2.24) is 9.78 Å². The highest BCUT2D eigenvalue weighted by atomic mass is 16.5. The lowest BCUT2D eigenvalue weighted by molar-refractivity contribution is -0.120. The molecule has 2 aromatic carbocycles. The van der Waals surface area contributed by atoms with E-state index in [2.05, 4.69) is 16.5 Å². The number of primary amides is 1. The van der Waals surface area contributed by atoms with Crippen LogP contribution in [0.25, 0.3) is 5.69 Å². The molecular formula is C22H22N4O3. The average Bonchev–Trinajstić information content (AvgIpc) is 3.09. The minimum absolute atomic E-state index is 0.0531. The second-order valence-corrected chi connectivity index (χ2v) is 7.34. The van der Waals surface area contributed by atoms with Crippen molar-refractivity contribution >= 4 is 17.6 Å². The molecule has 0 fully saturated rings. The molecule has 1 aliphatic heterocycles. The molecule has 0 bridgehead atoms. The van der Waals surface area contributed by atoms with Gasteiger partial charge in [-0.2, -0.15) is 5.10 Å². The second kappa shape index (κ2) is 7.43. The van der Waals surface area contributed by atoms with Gasteiger partial charge in [0.1, 0.15) is 11.6 Å². The van der Waals surface area contributed by atoms with Gasteiger partial charge in [-0.25, -0.2) is 4.68 Å². The van der Waals surface area contributed by atoms with Crippen LogP contribution in [0.5, 0.6) is 5.75 Å². The van der Waals surface area contributed by atoms with Crippen LogP contribution in [0.2, 0.25) is 0 Å². The number of amides is 2. The molecule has 0 saturated carbocycles. The first-order valence-electron chi connectivity index (χ1n) is 9.38. The lowest BCUT2D eigenvalue weighted by Crippen LogP contribution is -2.24. The molecule has 3 aromatic rings. The Kier molecular flexibility index (Phi) is 4.80. The number of hydrogen-bond acceptors (Lipinski definition) is 4. The zero-order valence-corrected chi connectivity index (χ0v) is 16.3. The highest BCUT2D eigenvalue weighted by Gasteiger charge is 2.30. The molecule has 0 aliphatic carbocycles. The summed E-state index contributed by atoms with van der Waals surface area (Å²) in [4.78, 5) is 23.3. The van der Waals surface area contributed by atoms with E-state index < -0.39 is 5.91 Å². The molecule has 4 rings (SSSR count). The molecule has 1 atom stereocenters. The molecule has 7 nitrogen and oxygen atoms in total. The molecule has 2 amide bonds. The number of hydrogen-bond donors (Lipinski definition) is 2. The van der Waals surface area contributed by atoms with E-state index in [0.717, 1.165) is 27.9 Å². The largest absolute Gasteiger partial charge is 0.484 e. The van der Waals surface area contributed by atoms with Gasteiger partial charge in [0.05, 0.1) is 11.9 Å². The Morgan fingerprint density at radius 3 is 2.55 bits per heavy atom. The SMILES string of the molecule is Cc1cc(C)cc(-n2ncc3c2NC(=O)CC3c2ccc(OCC(N)=O)cc2)c1. The maximum absolute atomic E-state index is 12.4. The summed E-state index contributed by atoms with van der Waals surface area (Å²) in [7, 11) is 0. The molecule has 7 heteroatoms. The summed E-state index contributed by atoms with van der Waals surface area (Å²) in [6, 6.07) is 13.5. The van der Waals surface area contributed by atoms with E-state index in [1.54, 1.807) is 16.8 Å². The third-order valence-corrected chi connectivity index (χ3v) is 4.93. The van der Waals surface area contributed by atoms with Crippen molar-refractivity contribution in [3.63, 3.8) is 0 Å². The number of aromatic nitrogens is 2. The number of fused-ring (bicyclic) bond motifs is 1. The monoisotopic (exact) mass is 390 g/mol. The van der Waals surface area contributed by atoms with Gasteiger partial charge in [-0.05, 0) is 54.8 Å². The van der Waals surface area contributed by atoms with Crippen LogP contribution in [0.4, 0.5) is 5.82 Å². The van der Waals surface area contributed by atoms with E-state index in [1.165, 1.54) is 0 Å². The number of nitrogens with two attached hydrogens (primary N) is 1. The van der Waals surface area contributed by atoms with E-state index in [4.69, 9.17) is 10.5 Å². The van der Waals surface area contributed by atoms with Crippen molar-refractivity contribution < 1.29 is 14.3 Å². The molecule has 2 heterocycles. The van der Waals surface area contributed by atoms with Crippen molar-refractivity contribution in [3.05, 3.63) is 70.9 Å². The van der Waals surface area contributed by atoms with E-state index in [0.29, 0.717) is 18.0 Å². The Bertz CT molecular complexity index is 1070. The number of carbonyl (C=O) groups is 2. The summed E-state index contributed by atoms with van der Waals surface area (Å²) in [5.41, 5.74) is 10.2. The van der Waals surface area contributed by atoms with Crippen molar-refractivity contribution in [2.45, 2.75) is 26.2 Å². The fraction of sp³-hybridized carbons (Fsp3) is 0.227. The molecular weight excluding hydrogens is 368 g/mol. The van der Waals surface area contributed by atoms with Gasteiger partial charge < -0.3 is 15.8 Å². The standard InChI is InChI=1S/C22H22N4O3/c1-13-7-14(2)9-16(8-13)26-22-19(11-24-26)18(10-21(28)25-22)15-3-5-17(6-4-15)29-12-20(23)27/h3-9,11,18H,10,12H2,1-2H3,(H2,23,27)(H,25,28). The Morgan fingerprint density at radius 2 is 1.90 bits per heavy atom. The Morgan fingerprint density at radius 1 is 1.21 bits per heavy atom. The maximum atomic E-state index is 12.4. The fourth-order valence-corrected chi connectivity index (χ4v) is 3.74. The topological polar surface area (TPSA) is 99.2 Å². The third-order valence-electron chi connectivity index (χ3n) is 4.93. The predicted octanol–water partition coefficient (Wildman–Crippen LogP) is 2.83. The summed E-state index contributed by atoms with van der Waals surface area (Å²) >= 11 is 0. The zero-order valence-electron chi connectivity index (χ0n) is 16.3. The Balaban J connectivity index is 1.68. The predicted molar refractivity (Wildman–Crippen MR) is 109 cm³/mol. The molecule has 0 radical (unpaired) electrons. The summed E-state index contributed by atoms with van der Waals surface area (Å²) in [6.07, 6.45) is 2.15. The number of nitrogens with zero attached hydrogens (tertiary/aromatic N) is 2. The zero-order chi connectivity index (χ0) is 20.5. The van der Waals surface area contributed by atoms with Crippen LogP contribution in [0.15, 0.2) is 48.7 Å². The van der Waals surface area contributed by atoms with E-state index in [1.807, 2.05) is 44.3 Å². The highest BCUT2D eigenvalue weighted by Crippen LogP contribution is 2.38. The molecule has 148 valence electrons. The van der Waals surface area contributed by atoms with Gasteiger partial charge in [0.25, 0.3) is 5.91 Å². The van der Waals surface area contributed by atoms with Crippen LogP contribution in [-0.4, -0.2) is 28.2 Å². The van der Waals surface area contributed by atoms with Crippen LogP contribution in [0, 0.1) is 13.8 Å². The number of ether oxygens (including phenoxy) is 1. The van der Waals surface area contributed by atoms with E-state index >= 15 is 0 Å². The molecule has 1 unspecified atom stereocenters. The molecule has 3 N–H and O–H groups in total. The first kappa shape index (κ1) is 18.7. The quantitative estimate of drug-likeness (QED) is 0.700. The number of rotatable bonds is 5. The van der Waals surface area contributed by atoms with Gasteiger partial charge in [0.15, 0.2) is 6.61 Å². The second-order valence-electron chi connectivity index (χ2n) is 7.34. The first-order chi connectivity index (χ1) is 13.9. The number of anilines is 1. The third kappa shape index (κ3) is 3.85. The van der Waals surface area contributed by atoms with E-state index in [9.17, 15) is 9.59 Å². The summed E-state index contributed by atoms with van der Waals surface area (Å²) in [6.45, 7) is 3.91. The summed E-state index contributed by atoms with van der Waals surface area (Å²) in [5.74, 6) is 0.567. The van der Waals surface area contributed by atoms with Crippen LogP contribution >= 0.6 is 0 Å². The van der Waals surface area contributed by atoms with Crippen LogP contribution < -0.4 is 15.8 Å². The van der Waals surface area contributed by atoms with Crippen LogP contribution in [0.3, 0.4) is 0 Å². The minimum Gasteiger partial charge on any atom is -0.484 e. The van der Waals surface area contributed by atoms with Gasteiger partial charge in [0, 0.05) is 17.9 Å². The Hall–Kier alpha value is -3.61. The van der Waals surface area contributed by atoms with Gasteiger partial charge in [0.2, 0.25) is 5.91 Å². The summed E-state index contributed by atoms with van der Waals surface area (Å²) in [5, 5.41) is 7.53. The molecule has 29 heavy (non-hydrogen) atoms. The molecule has 0 saturated heterocycles. The van der Waals surface area contributed by atoms with Crippen molar-refractivity contribution in [1.29, 1.82) is 0 Å². The highest BCUT2D eigenvalue weighted by molar-refractivity contribution is 5.94.